The smallest absolute Gasteiger partial charge is 0.408 e. The van der Waals surface area contributed by atoms with Gasteiger partial charge in [-0.25, -0.2) is 9.59 Å². The van der Waals surface area contributed by atoms with E-state index in [1.165, 1.54) is 13.8 Å². The maximum atomic E-state index is 12.6. The molecule has 0 radical (unpaired) electrons. The molecule has 0 bridgehead atoms. The van der Waals surface area contributed by atoms with Crippen LogP contribution in [-0.2, 0) is 19.1 Å². The second-order valence-electron chi connectivity index (χ2n) is 8.37. The summed E-state index contributed by atoms with van der Waals surface area (Å²) in [5.41, 5.74) is 2.78. The standard InChI is InChI=1S/C24H26N2O7/c1-24(2,22(31)25-19(21(29)30)11-12-20(27)28)26-23(32)33-13-18-16-9-5-3-7-14(16)15-8-4-6-10-17(15)18/h3-10,18-19H,11-13H2,1-2H3,(H,25,31)(H,26,32)(H,27,28)(H,29,30)/t19-/m0/s1. The predicted molar refractivity (Wildman–Crippen MR) is 119 cm³/mol. The molecule has 2 amide bonds. The minimum Gasteiger partial charge on any atom is -0.481 e. The van der Waals surface area contributed by atoms with Crippen molar-refractivity contribution >= 4 is 23.9 Å². The van der Waals surface area contributed by atoms with E-state index in [2.05, 4.69) is 10.6 Å². The second kappa shape index (κ2) is 9.72. The third kappa shape index (κ3) is 5.49. The largest absolute Gasteiger partial charge is 0.481 e. The van der Waals surface area contributed by atoms with Gasteiger partial charge in [-0.3, -0.25) is 9.59 Å². The Kier molecular flexibility index (Phi) is 7.01. The molecular weight excluding hydrogens is 428 g/mol. The van der Waals surface area contributed by atoms with E-state index < -0.39 is 41.9 Å². The molecule has 0 heterocycles. The van der Waals surface area contributed by atoms with Crippen LogP contribution in [0.3, 0.4) is 0 Å². The van der Waals surface area contributed by atoms with Crippen molar-refractivity contribution in [3.05, 3.63) is 59.7 Å². The summed E-state index contributed by atoms with van der Waals surface area (Å²) in [5, 5.41) is 22.7. The van der Waals surface area contributed by atoms with E-state index >= 15 is 0 Å². The molecule has 0 saturated heterocycles. The van der Waals surface area contributed by atoms with Crippen molar-refractivity contribution in [1.82, 2.24) is 10.6 Å². The van der Waals surface area contributed by atoms with Crippen LogP contribution < -0.4 is 10.6 Å². The zero-order valence-corrected chi connectivity index (χ0v) is 18.3. The molecular formula is C24H26N2O7. The number of rotatable bonds is 9. The van der Waals surface area contributed by atoms with Crippen LogP contribution in [0, 0.1) is 0 Å². The maximum absolute atomic E-state index is 12.6. The highest BCUT2D eigenvalue weighted by molar-refractivity contribution is 5.92. The number of alkyl carbamates (subject to hydrolysis) is 1. The van der Waals surface area contributed by atoms with E-state index in [9.17, 15) is 24.3 Å². The highest BCUT2D eigenvalue weighted by Gasteiger charge is 2.34. The van der Waals surface area contributed by atoms with E-state index in [-0.39, 0.29) is 18.9 Å². The Morgan fingerprint density at radius 2 is 1.52 bits per heavy atom. The molecule has 9 heteroatoms. The predicted octanol–water partition coefficient (Wildman–Crippen LogP) is 2.74. The van der Waals surface area contributed by atoms with Crippen LogP contribution in [0.4, 0.5) is 4.79 Å². The molecule has 0 aromatic heterocycles. The number of hydrogen-bond acceptors (Lipinski definition) is 5. The Hall–Kier alpha value is -3.88. The highest BCUT2D eigenvalue weighted by Crippen LogP contribution is 2.44. The Labute approximate surface area is 190 Å². The van der Waals surface area contributed by atoms with Gasteiger partial charge in [-0.15, -0.1) is 0 Å². The number of carboxylic acids is 2. The molecule has 174 valence electrons. The number of nitrogens with one attached hydrogen (secondary N) is 2. The first-order valence-electron chi connectivity index (χ1n) is 10.5. The van der Waals surface area contributed by atoms with Crippen molar-refractivity contribution in [2.24, 2.45) is 0 Å². The van der Waals surface area contributed by atoms with E-state index in [1.807, 2.05) is 48.5 Å². The summed E-state index contributed by atoms with van der Waals surface area (Å²) in [4.78, 5) is 47.1. The van der Waals surface area contributed by atoms with E-state index in [0.717, 1.165) is 22.3 Å². The Balaban J connectivity index is 1.61. The van der Waals surface area contributed by atoms with Crippen LogP contribution in [0.25, 0.3) is 11.1 Å². The van der Waals surface area contributed by atoms with Crippen molar-refractivity contribution < 1.29 is 34.1 Å². The monoisotopic (exact) mass is 454 g/mol. The van der Waals surface area contributed by atoms with Crippen LogP contribution in [0.2, 0.25) is 0 Å². The third-order valence-corrected chi connectivity index (χ3v) is 5.58. The zero-order valence-electron chi connectivity index (χ0n) is 18.3. The lowest BCUT2D eigenvalue weighted by molar-refractivity contribution is -0.143. The average Bonchev–Trinajstić information content (AvgIpc) is 3.08. The fourth-order valence-electron chi connectivity index (χ4n) is 3.81. The molecule has 33 heavy (non-hydrogen) atoms. The summed E-state index contributed by atoms with van der Waals surface area (Å²) in [7, 11) is 0. The highest BCUT2D eigenvalue weighted by atomic mass is 16.5. The van der Waals surface area contributed by atoms with Gasteiger partial charge in [0.15, 0.2) is 0 Å². The van der Waals surface area contributed by atoms with Crippen LogP contribution >= 0.6 is 0 Å². The topological polar surface area (TPSA) is 142 Å². The first kappa shape index (κ1) is 23.8. The van der Waals surface area contributed by atoms with Gasteiger partial charge in [0.05, 0.1) is 0 Å². The number of hydrogen-bond donors (Lipinski definition) is 4. The number of carbonyl (C=O) groups excluding carboxylic acids is 2. The Morgan fingerprint density at radius 3 is 2.03 bits per heavy atom. The minimum absolute atomic E-state index is 0.0634. The molecule has 3 rings (SSSR count). The first-order chi connectivity index (χ1) is 15.6. The average molecular weight is 454 g/mol. The summed E-state index contributed by atoms with van der Waals surface area (Å²) in [6, 6.07) is 14.4. The normalized spacial score (nSPS) is 13.4. The number of benzene rings is 2. The SMILES string of the molecule is CC(C)(NC(=O)OCC1c2ccccc2-c2ccccc21)C(=O)N[C@@H](CCC(=O)O)C(=O)O. The second-order valence-corrected chi connectivity index (χ2v) is 8.37. The van der Waals surface area contributed by atoms with Crippen molar-refractivity contribution in [1.29, 1.82) is 0 Å². The maximum Gasteiger partial charge on any atom is 0.408 e. The number of fused-ring (bicyclic) bond motifs is 3. The van der Waals surface area contributed by atoms with Gasteiger partial charge in [-0.2, -0.15) is 0 Å². The third-order valence-electron chi connectivity index (χ3n) is 5.58. The Morgan fingerprint density at radius 1 is 0.970 bits per heavy atom. The van der Waals surface area contributed by atoms with Gasteiger partial charge in [-0.1, -0.05) is 48.5 Å². The van der Waals surface area contributed by atoms with Crippen molar-refractivity contribution in [2.45, 2.75) is 44.2 Å². The van der Waals surface area contributed by atoms with Crippen molar-refractivity contribution in [3.8, 4) is 11.1 Å². The molecule has 9 nitrogen and oxygen atoms in total. The van der Waals surface area contributed by atoms with Crippen LogP contribution in [0.15, 0.2) is 48.5 Å². The lowest BCUT2D eigenvalue weighted by Gasteiger charge is -2.27. The van der Waals surface area contributed by atoms with Gasteiger partial charge >= 0.3 is 18.0 Å². The molecule has 2 aromatic rings. The van der Waals surface area contributed by atoms with Gasteiger partial charge in [0, 0.05) is 12.3 Å². The molecule has 0 fully saturated rings. The van der Waals surface area contributed by atoms with Gasteiger partial charge in [0.1, 0.15) is 18.2 Å². The van der Waals surface area contributed by atoms with Gasteiger partial charge in [-0.05, 0) is 42.5 Å². The summed E-state index contributed by atoms with van der Waals surface area (Å²) < 4.78 is 5.43. The van der Waals surface area contributed by atoms with Crippen molar-refractivity contribution in [2.75, 3.05) is 6.61 Å². The summed E-state index contributed by atoms with van der Waals surface area (Å²) in [5.74, 6) is -3.45. The molecule has 1 aliphatic rings. The fourth-order valence-corrected chi connectivity index (χ4v) is 3.81. The lowest BCUT2D eigenvalue weighted by atomic mass is 9.98. The summed E-state index contributed by atoms with van der Waals surface area (Å²) in [6.45, 7) is 2.87. The van der Waals surface area contributed by atoms with Gasteiger partial charge in [0.25, 0.3) is 0 Å². The van der Waals surface area contributed by atoms with Crippen LogP contribution in [-0.4, -0.2) is 52.3 Å². The quantitative estimate of drug-likeness (QED) is 0.456. The fraction of sp³-hybridized carbons (Fsp3) is 0.333. The van der Waals surface area contributed by atoms with Crippen LogP contribution in [0.5, 0.6) is 0 Å². The molecule has 0 unspecified atom stereocenters. The number of carbonyl (C=O) groups is 4. The number of ether oxygens (including phenoxy) is 1. The molecule has 0 saturated carbocycles. The molecule has 0 spiro atoms. The number of aliphatic carboxylic acids is 2. The van der Waals surface area contributed by atoms with E-state index in [1.54, 1.807) is 0 Å². The molecule has 1 atom stereocenters. The number of carboxylic acid groups (broad SMARTS) is 2. The van der Waals surface area contributed by atoms with Crippen molar-refractivity contribution in [3.63, 3.8) is 0 Å². The first-order valence-corrected chi connectivity index (χ1v) is 10.5. The summed E-state index contributed by atoms with van der Waals surface area (Å²) >= 11 is 0. The van der Waals surface area contributed by atoms with Gasteiger partial charge in [0.2, 0.25) is 5.91 Å². The minimum atomic E-state index is -1.49. The van der Waals surface area contributed by atoms with E-state index in [4.69, 9.17) is 9.84 Å². The number of amides is 2. The molecule has 4 N–H and O–H groups in total. The molecule has 1 aliphatic carbocycles. The van der Waals surface area contributed by atoms with Gasteiger partial charge < -0.3 is 25.6 Å². The zero-order chi connectivity index (χ0) is 24.2. The Bertz CT molecular complexity index is 1030. The molecule has 0 aliphatic heterocycles. The lowest BCUT2D eigenvalue weighted by Crippen LogP contribution is -2.58. The molecule has 2 aromatic carbocycles. The summed E-state index contributed by atoms with van der Waals surface area (Å²) in [6.07, 6.45) is -1.52. The van der Waals surface area contributed by atoms with E-state index in [0.29, 0.717) is 0 Å². The van der Waals surface area contributed by atoms with Crippen LogP contribution in [0.1, 0.15) is 43.7 Å².